The molecule has 0 aromatic heterocycles. The third-order valence-corrected chi connectivity index (χ3v) is 2.38. The van der Waals surface area contributed by atoms with Crippen LogP contribution < -0.4 is 10.6 Å². The van der Waals surface area contributed by atoms with Crippen molar-refractivity contribution in [3.63, 3.8) is 0 Å². The number of rotatable bonds is 6. The zero-order valence-electron chi connectivity index (χ0n) is 10.6. The minimum atomic E-state index is -0.527. The van der Waals surface area contributed by atoms with Gasteiger partial charge in [-0.15, -0.1) is 12.3 Å². The Balaban J connectivity index is 2.98. The van der Waals surface area contributed by atoms with Gasteiger partial charge in [0.1, 0.15) is 5.69 Å². The second-order valence-corrected chi connectivity index (χ2v) is 3.73. The van der Waals surface area contributed by atoms with E-state index in [0.29, 0.717) is 25.2 Å². The van der Waals surface area contributed by atoms with Crippen molar-refractivity contribution in [1.82, 2.24) is 5.32 Å². The number of anilines is 1. The van der Waals surface area contributed by atoms with Crippen LogP contribution in [0, 0.1) is 22.5 Å². The highest BCUT2D eigenvalue weighted by atomic mass is 16.6. The van der Waals surface area contributed by atoms with Gasteiger partial charge in [0.05, 0.1) is 4.92 Å². The summed E-state index contributed by atoms with van der Waals surface area (Å²) < 4.78 is 0. The second kappa shape index (κ2) is 7.01. The van der Waals surface area contributed by atoms with Crippen molar-refractivity contribution in [1.29, 1.82) is 0 Å². The van der Waals surface area contributed by atoms with E-state index in [0.717, 1.165) is 0 Å². The van der Waals surface area contributed by atoms with Crippen LogP contribution in [-0.2, 0) is 0 Å². The molecule has 0 saturated carbocycles. The second-order valence-electron chi connectivity index (χ2n) is 3.73. The highest BCUT2D eigenvalue weighted by Gasteiger charge is 2.16. The molecule has 6 nitrogen and oxygen atoms in total. The van der Waals surface area contributed by atoms with E-state index in [1.807, 2.05) is 0 Å². The van der Waals surface area contributed by atoms with Crippen LogP contribution in [0.2, 0.25) is 0 Å². The van der Waals surface area contributed by atoms with Gasteiger partial charge in [-0.3, -0.25) is 14.9 Å². The van der Waals surface area contributed by atoms with E-state index < -0.39 is 4.92 Å². The van der Waals surface area contributed by atoms with Gasteiger partial charge in [0, 0.05) is 31.1 Å². The van der Waals surface area contributed by atoms with Gasteiger partial charge < -0.3 is 10.6 Å². The zero-order valence-corrected chi connectivity index (χ0v) is 10.6. The van der Waals surface area contributed by atoms with Crippen LogP contribution in [0.5, 0.6) is 0 Å². The molecule has 0 aliphatic heterocycles. The van der Waals surface area contributed by atoms with Crippen molar-refractivity contribution in [3.8, 4) is 12.3 Å². The lowest BCUT2D eigenvalue weighted by molar-refractivity contribution is -0.384. The average molecular weight is 261 g/mol. The molecule has 1 amide bonds. The van der Waals surface area contributed by atoms with E-state index in [-0.39, 0.29) is 17.2 Å². The monoisotopic (exact) mass is 261 g/mol. The maximum atomic E-state index is 11.6. The molecule has 0 unspecified atom stereocenters. The van der Waals surface area contributed by atoms with Crippen LogP contribution in [0.4, 0.5) is 11.4 Å². The highest BCUT2D eigenvalue weighted by molar-refractivity contribution is 5.95. The van der Waals surface area contributed by atoms with Gasteiger partial charge in [0.25, 0.3) is 11.6 Å². The number of nitrogens with one attached hydrogen (secondary N) is 2. The van der Waals surface area contributed by atoms with Gasteiger partial charge in [0.2, 0.25) is 0 Å². The number of benzene rings is 1. The molecule has 2 N–H and O–H groups in total. The molecule has 1 aromatic carbocycles. The molecule has 0 aliphatic carbocycles. The molecule has 0 bridgehead atoms. The van der Waals surface area contributed by atoms with Gasteiger partial charge in [-0.2, -0.15) is 0 Å². The van der Waals surface area contributed by atoms with Crippen molar-refractivity contribution in [2.24, 2.45) is 0 Å². The zero-order chi connectivity index (χ0) is 14.3. The maximum Gasteiger partial charge on any atom is 0.293 e. The quantitative estimate of drug-likeness (QED) is 0.354. The van der Waals surface area contributed by atoms with E-state index in [1.165, 1.54) is 18.2 Å². The van der Waals surface area contributed by atoms with E-state index in [1.54, 1.807) is 6.92 Å². The van der Waals surface area contributed by atoms with Crippen molar-refractivity contribution in [3.05, 3.63) is 33.9 Å². The Bertz CT molecular complexity index is 520. The number of carbonyl (C=O) groups is 1. The fourth-order valence-electron chi connectivity index (χ4n) is 1.51. The number of nitro benzene ring substituents is 1. The van der Waals surface area contributed by atoms with Crippen LogP contribution in [-0.4, -0.2) is 23.9 Å². The van der Waals surface area contributed by atoms with Crippen LogP contribution in [0.3, 0.4) is 0 Å². The largest absolute Gasteiger partial charge is 0.379 e. The van der Waals surface area contributed by atoms with Crippen LogP contribution in [0.15, 0.2) is 18.2 Å². The van der Waals surface area contributed by atoms with Crippen molar-refractivity contribution < 1.29 is 9.72 Å². The molecule has 0 heterocycles. The van der Waals surface area contributed by atoms with Gasteiger partial charge >= 0.3 is 0 Å². The minimum Gasteiger partial charge on any atom is -0.379 e. The number of nitro groups is 1. The fraction of sp³-hybridized carbons (Fsp3) is 0.308. The summed E-state index contributed by atoms with van der Waals surface area (Å²) in [6, 6.07) is 4.30. The standard InChI is InChI=1S/C13H15N3O3/c1-3-5-8-15-11-7-6-10(13(17)14-4-2)9-12(11)16(18)19/h1,6-7,9,15H,4-5,8H2,2H3,(H,14,17). The van der Waals surface area contributed by atoms with Gasteiger partial charge in [-0.25, -0.2) is 0 Å². The minimum absolute atomic E-state index is 0.138. The first-order chi connectivity index (χ1) is 9.10. The third-order valence-electron chi connectivity index (χ3n) is 2.38. The van der Waals surface area contributed by atoms with Crippen LogP contribution in [0.25, 0.3) is 0 Å². The molecule has 1 aromatic rings. The summed E-state index contributed by atoms with van der Waals surface area (Å²) in [6.07, 6.45) is 5.58. The smallest absolute Gasteiger partial charge is 0.293 e. The van der Waals surface area contributed by atoms with E-state index in [2.05, 4.69) is 16.6 Å². The van der Waals surface area contributed by atoms with E-state index in [4.69, 9.17) is 6.42 Å². The fourth-order valence-corrected chi connectivity index (χ4v) is 1.51. The first kappa shape index (κ1) is 14.5. The highest BCUT2D eigenvalue weighted by Crippen LogP contribution is 2.25. The molecular formula is C13H15N3O3. The first-order valence-corrected chi connectivity index (χ1v) is 5.84. The van der Waals surface area contributed by atoms with Gasteiger partial charge in [0.15, 0.2) is 0 Å². The molecule has 1 rings (SSSR count). The van der Waals surface area contributed by atoms with Crippen LogP contribution >= 0.6 is 0 Å². The Morgan fingerprint density at radius 3 is 2.84 bits per heavy atom. The normalized spacial score (nSPS) is 9.47. The molecule has 0 spiro atoms. The lowest BCUT2D eigenvalue weighted by atomic mass is 10.1. The molecule has 6 heteroatoms. The number of hydrogen-bond acceptors (Lipinski definition) is 4. The summed E-state index contributed by atoms with van der Waals surface area (Å²) >= 11 is 0. The molecular weight excluding hydrogens is 246 g/mol. The van der Waals surface area contributed by atoms with Crippen molar-refractivity contribution >= 4 is 17.3 Å². The van der Waals surface area contributed by atoms with Gasteiger partial charge in [-0.05, 0) is 19.1 Å². The van der Waals surface area contributed by atoms with Gasteiger partial charge in [-0.1, -0.05) is 0 Å². The lowest BCUT2D eigenvalue weighted by Gasteiger charge is -2.07. The van der Waals surface area contributed by atoms with E-state index in [9.17, 15) is 14.9 Å². The Morgan fingerprint density at radius 1 is 1.53 bits per heavy atom. The predicted octanol–water partition coefficient (Wildman–Crippen LogP) is 1.78. The van der Waals surface area contributed by atoms with Crippen molar-refractivity contribution in [2.75, 3.05) is 18.4 Å². The molecule has 0 radical (unpaired) electrons. The topological polar surface area (TPSA) is 84.3 Å². The Labute approximate surface area is 111 Å². The number of amides is 1. The molecule has 0 aliphatic rings. The SMILES string of the molecule is C#CCCNc1ccc(C(=O)NCC)cc1[N+](=O)[O-]. The third kappa shape index (κ3) is 4.00. The number of terminal acetylenes is 1. The number of nitrogens with zero attached hydrogens (tertiary/aromatic N) is 1. The predicted molar refractivity (Wildman–Crippen MR) is 73.0 cm³/mol. The summed E-state index contributed by atoms with van der Waals surface area (Å²) in [5.41, 5.74) is 0.477. The lowest BCUT2D eigenvalue weighted by Crippen LogP contribution is -2.22. The molecule has 19 heavy (non-hydrogen) atoms. The Kier molecular flexibility index (Phi) is 5.35. The van der Waals surface area contributed by atoms with E-state index >= 15 is 0 Å². The molecule has 0 atom stereocenters. The summed E-state index contributed by atoms with van der Waals surface area (Å²) in [5.74, 6) is 2.10. The summed E-state index contributed by atoms with van der Waals surface area (Å²) in [5, 5.41) is 16.4. The molecule has 100 valence electrons. The maximum absolute atomic E-state index is 11.6. The Morgan fingerprint density at radius 2 is 2.26 bits per heavy atom. The first-order valence-electron chi connectivity index (χ1n) is 5.84. The summed E-state index contributed by atoms with van der Waals surface area (Å²) in [7, 11) is 0. The molecule has 0 saturated heterocycles. The van der Waals surface area contributed by atoms with Crippen LogP contribution in [0.1, 0.15) is 23.7 Å². The summed E-state index contributed by atoms with van der Waals surface area (Å²) in [4.78, 5) is 22.1. The number of carbonyl (C=O) groups excluding carboxylic acids is 1. The molecule has 0 fully saturated rings. The van der Waals surface area contributed by atoms with Crippen molar-refractivity contribution in [2.45, 2.75) is 13.3 Å². The Hall–Kier alpha value is -2.55. The average Bonchev–Trinajstić information content (AvgIpc) is 2.39. The summed E-state index contributed by atoms with van der Waals surface area (Å²) in [6.45, 7) is 2.69. The number of hydrogen-bond donors (Lipinski definition) is 2.